The number of anilines is 6. The SMILES string of the molecule is Cc1cc2c3c(c1)N(c1ccc(C(C)(C)C)cc1-c1ccccc1)c1cc4c(cc1B3c1ccc(-c3ccccc3)cc1N2c1cc2c(cc1C)C(C)(C)CCC2(C)C)C(C)(C)CCC4(C)C. The Hall–Kier alpha value is -5.80. The summed E-state index contributed by atoms with van der Waals surface area (Å²) in [7, 11) is 0. The minimum atomic E-state index is -0.0104. The Morgan fingerprint density at radius 2 is 0.910 bits per heavy atom. The fourth-order valence-electron chi connectivity index (χ4n) is 12.5. The maximum Gasteiger partial charge on any atom is 0.252 e. The first kappa shape index (κ1) is 43.8. The van der Waals surface area contributed by atoms with E-state index in [9.17, 15) is 0 Å². The number of hydrogen-bond acceptors (Lipinski definition) is 2. The van der Waals surface area contributed by atoms with Gasteiger partial charge in [0.05, 0.1) is 5.69 Å². The molecule has 4 aliphatic rings. The third kappa shape index (κ3) is 6.88. The molecule has 67 heavy (non-hydrogen) atoms. The van der Waals surface area contributed by atoms with Crippen LogP contribution in [0.1, 0.15) is 141 Å². The molecule has 2 aliphatic carbocycles. The van der Waals surface area contributed by atoms with Gasteiger partial charge in [-0.05, 0) is 181 Å². The van der Waals surface area contributed by atoms with Crippen LogP contribution >= 0.6 is 0 Å². The van der Waals surface area contributed by atoms with Crippen molar-refractivity contribution in [3.05, 3.63) is 172 Å². The quantitative estimate of drug-likeness (QED) is 0.163. The largest absolute Gasteiger partial charge is 0.311 e. The highest BCUT2D eigenvalue weighted by Crippen LogP contribution is 2.54. The Labute approximate surface area is 402 Å². The fraction of sp³-hybridized carbons (Fsp3) is 0.344. The van der Waals surface area contributed by atoms with Crippen LogP contribution in [-0.4, -0.2) is 6.71 Å². The van der Waals surface area contributed by atoms with Gasteiger partial charge in [-0.2, -0.15) is 0 Å². The second kappa shape index (κ2) is 14.9. The summed E-state index contributed by atoms with van der Waals surface area (Å²) in [5.74, 6) is 0. The van der Waals surface area contributed by atoms with Crippen molar-refractivity contribution in [3.8, 4) is 22.3 Å². The van der Waals surface area contributed by atoms with E-state index < -0.39 is 0 Å². The zero-order valence-electron chi connectivity index (χ0n) is 42.5. The van der Waals surface area contributed by atoms with Crippen LogP contribution in [0.25, 0.3) is 22.3 Å². The van der Waals surface area contributed by atoms with E-state index in [-0.39, 0.29) is 33.8 Å². The first-order chi connectivity index (χ1) is 31.6. The van der Waals surface area contributed by atoms with E-state index in [0.29, 0.717) is 0 Å². The van der Waals surface area contributed by atoms with Gasteiger partial charge >= 0.3 is 0 Å². The molecule has 0 aromatic heterocycles. The van der Waals surface area contributed by atoms with Crippen LogP contribution in [0.2, 0.25) is 0 Å². The zero-order chi connectivity index (χ0) is 47.2. The maximum atomic E-state index is 2.69. The lowest BCUT2D eigenvalue weighted by Gasteiger charge is -2.48. The van der Waals surface area contributed by atoms with Gasteiger partial charge in [0.1, 0.15) is 0 Å². The van der Waals surface area contributed by atoms with Crippen molar-refractivity contribution in [2.75, 3.05) is 9.80 Å². The van der Waals surface area contributed by atoms with E-state index in [4.69, 9.17) is 0 Å². The first-order valence-corrected chi connectivity index (χ1v) is 25.1. The Kier molecular flexibility index (Phi) is 9.70. The van der Waals surface area contributed by atoms with Crippen molar-refractivity contribution >= 4 is 57.2 Å². The molecule has 0 N–H and O–H groups in total. The summed E-state index contributed by atoms with van der Waals surface area (Å²) in [5, 5.41) is 0. The van der Waals surface area contributed by atoms with Gasteiger partial charge in [0.2, 0.25) is 0 Å². The standard InChI is InChI=1S/C64H69BN2/c1-40-32-57-59-58(33-40)67(54-38-49-47(34-41(54)2)61(6,7)28-30-63(49,10)11)55-35-44(42-20-16-14-17-21-42)24-26-51(55)65(59)52-37-48-50(64(12,13)31-29-62(48,8)9)39-56(52)66(57)53-27-25-45(60(3,4)5)36-46(53)43-22-18-15-19-23-43/h14-27,32-39H,28-31H2,1-13H3. The van der Waals surface area contributed by atoms with E-state index in [1.165, 1.54) is 137 Å². The molecular formula is C64H69BN2. The molecule has 0 spiro atoms. The number of hydrogen-bond donors (Lipinski definition) is 0. The highest BCUT2D eigenvalue weighted by molar-refractivity contribution is 7.00. The Bertz CT molecular complexity index is 3140. The highest BCUT2D eigenvalue weighted by atomic mass is 15.2. The van der Waals surface area contributed by atoms with Crippen LogP contribution < -0.4 is 26.2 Å². The van der Waals surface area contributed by atoms with E-state index in [1.807, 2.05) is 0 Å². The summed E-state index contributed by atoms with van der Waals surface area (Å²) in [6.07, 6.45) is 4.70. The number of rotatable bonds is 4. The van der Waals surface area contributed by atoms with Gasteiger partial charge in [0.15, 0.2) is 0 Å². The molecule has 0 unspecified atom stereocenters. The second-order valence-electron chi connectivity index (χ2n) is 24.5. The van der Waals surface area contributed by atoms with Gasteiger partial charge in [-0.25, -0.2) is 0 Å². The van der Waals surface area contributed by atoms with Crippen LogP contribution in [0.3, 0.4) is 0 Å². The second-order valence-corrected chi connectivity index (χ2v) is 24.5. The molecule has 7 aromatic carbocycles. The fourth-order valence-corrected chi connectivity index (χ4v) is 12.5. The third-order valence-corrected chi connectivity index (χ3v) is 16.9. The lowest BCUT2D eigenvalue weighted by atomic mass is 9.33. The van der Waals surface area contributed by atoms with Crippen molar-refractivity contribution in [2.24, 2.45) is 0 Å². The van der Waals surface area contributed by atoms with Gasteiger partial charge in [0, 0.05) is 34.0 Å². The zero-order valence-corrected chi connectivity index (χ0v) is 42.5. The lowest BCUT2D eigenvalue weighted by Crippen LogP contribution is -2.62. The number of aryl methyl sites for hydroxylation is 2. The van der Waals surface area contributed by atoms with E-state index in [0.717, 1.165) is 0 Å². The molecule has 0 amide bonds. The summed E-state index contributed by atoms with van der Waals surface area (Å²) in [4.78, 5) is 5.38. The lowest BCUT2D eigenvalue weighted by molar-refractivity contribution is 0.332. The summed E-state index contributed by atoms with van der Waals surface area (Å²) in [6, 6.07) is 52.3. The number of fused-ring (bicyclic) bond motifs is 6. The average molecular weight is 877 g/mol. The van der Waals surface area contributed by atoms with Crippen molar-refractivity contribution < 1.29 is 0 Å². The predicted molar refractivity (Wildman–Crippen MR) is 290 cm³/mol. The van der Waals surface area contributed by atoms with Gasteiger partial charge in [0.25, 0.3) is 6.71 Å². The molecule has 0 fully saturated rings. The highest BCUT2D eigenvalue weighted by Gasteiger charge is 2.48. The molecule has 2 heterocycles. The number of nitrogens with zero attached hydrogens (tertiary/aromatic N) is 2. The van der Waals surface area contributed by atoms with Crippen molar-refractivity contribution in [1.82, 2.24) is 0 Å². The molecule has 3 heteroatoms. The molecule has 0 bridgehead atoms. The molecule has 338 valence electrons. The summed E-state index contributed by atoms with van der Waals surface area (Å²) in [5.41, 5.74) is 27.0. The smallest absolute Gasteiger partial charge is 0.252 e. The maximum absolute atomic E-state index is 2.69. The van der Waals surface area contributed by atoms with Crippen molar-refractivity contribution in [3.63, 3.8) is 0 Å². The Morgan fingerprint density at radius 3 is 1.48 bits per heavy atom. The van der Waals surface area contributed by atoms with Crippen LogP contribution in [0.5, 0.6) is 0 Å². The van der Waals surface area contributed by atoms with E-state index in [2.05, 4.69) is 233 Å². The molecule has 0 saturated carbocycles. The normalized spacial score (nSPS) is 18.1. The minimum absolute atomic E-state index is 0.0104. The van der Waals surface area contributed by atoms with E-state index >= 15 is 0 Å². The summed E-state index contributed by atoms with van der Waals surface area (Å²) in [6.45, 7) is 31.5. The van der Waals surface area contributed by atoms with Gasteiger partial charge in [-0.1, -0.05) is 167 Å². The summed E-state index contributed by atoms with van der Waals surface area (Å²) < 4.78 is 0. The van der Waals surface area contributed by atoms with E-state index in [1.54, 1.807) is 0 Å². The molecule has 2 nitrogen and oxygen atoms in total. The molecule has 0 atom stereocenters. The predicted octanol–water partition coefficient (Wildman–Crippen LogP) is 15.7. The molecule has 11 rings (SSSR count). The van der Waals surface area contributed by atoms with Gasteiger partial charge < -0.3 is 9.80 Å². The van der Waals surface area contributed by atoms with Crippen LogP contribution in [0, 0.1) is 13.8 Å². The van der Waals surface area contributed by atoms with Crippen molar-refractivity contribution in [1.29, 1.82) is 0 Å². The topological polar surface area (TPSA) is 6.48 Å². The monoisotopic (exact) mass is 877 g/mol. The van der Waals surface area contributed by atoms with Crippen LogP contribution in [-0.2, 0) is 27.1 Å². The summed E-state index contributed by atoms with van der Waals surface area (Å²) >= 11 is 0. The molecule has 0 saturated heterocycles. The molecule has 0 radical (unpaired) electrons. The third-order valence-electron chi connectivity index (χ3n) is 16.9. The Morgan fingerprint density at radius 1 is 0.418 bits per heavy atom. The molecule has 7 aromatic rings. The Balaban J connectivity index is 1.27. The van der Waals surface area contributed by atoms with Crippen molar-refractivity contribution in [2.45, 2.75) is 143 Å². The van der Waals surface area contributed by atoms with Gasteiger partial charge in [-0.15, -0.1) is 0 Å². The minimum Gasteiger partial charge on any atom is -0.311 e. The van der Waals surface area contributed by atoms with Crippen LogP contribution in [0.15, 0.2) is 133 Å². The number of benzene rings is 7. The first-order valence-electron chi connectivity index (χ1n) is 25.1. The van der Waals surface area contributed by atoms with Gasteiger partial charge in [-0.3, -0.25) is 0 Å². The van der Waals surface area contributed by atoms with Crippen LogP contribution in [0.4, 0.5) is 34.1 Å². The molecular weight excluding hydrogens is 808 g/mol. The molecule has 2 aliphatic heterocycles. The average Bonchev–Trinajstić information content (AvgIpc) is 3.29.